The third kappa shape index (κ3) is 4.50. The fourth-order valence-corrected chi connectivity index (χ4v) is 5.08. The highest BCUT2D eigenvalue weighted by Gasteiger charge is 2.44. The predicted molar refractivity (Wildman–Crippen MR) is 120 cm³/mol. The van der Waals surface area contributed by atoms with Crippen molar-refractivity contribution in [3.8, 4) is 11.5 Å². The zero-order valence-corrected chi connectivity index (χ0v) is 18.2. The molecule has 0 bridgehead atoms. The molecular formula is C24H22N2O5S. The minimum absolute atomic E-state index is 0.00691. The zero-order chi connectivity index (χ0) is 22.7. The van der Waals surface area contributed by atoms with Gasteiger partial charge in [0.05, 0.1) is 4.90 Å². The van der Waals surface area contributed by atoms with Crippen molar-refractivity contribution >= 4 is 27.5 Å². The number of carbonyl (C=O) groups is 2. The van der Waals surface area contributed by atoms with E-state index in [4.69, 9.17) is 4.74 Å². The first-order valence-corrected chi connectivity index (χ1v) is 11.6. The van der Waals surface area contributed by atoms with Gasteiger partial charge in [0, 0.05) is 12.1 Å². The van der Waals surface area contributed by atoms with E-state index < -0.39 is 27.9 Å². The Bertz CT molecular complexity index is 1220. The highest BCUT2D eigenvalue weighted by atomic mass is 32.2. The van der Waals surface area contributed by atoms with E-state index in [9.17, 15) is 18.0 Å². The summed E-state index contributed by atoms with van der Waals surface area (Å²) in [4.78, 5) is 25.3. The quantitative estimate of drug-likeness (QED) is 0.610. The number of hydrogen-bond donors (Lipinski definition) is 1. The van der Waals surface area contributed by atoms with E-state index in [0.29, 0.717) is 21.5 Å². The van der Waals surface area contributed by atoms with Crippen LogP contribution < -0.4 is 10.1 Å². The minimum atomic E-state index is -4.13. The maximum Gasteiger partial charge on any atom is 0.267 e. The van der Waals surface area contributed by atoms with Crippen molar-refractivity contribution in [3.63, 3.8) is 0 Å². The first-order chi connectivity index (χ1) is 15.3. The third-order valence-corrected chi connectivity index (χ3v) is 6.99. The molecule has 2 amide bonds. The number of sulfonamides is 1. The molecule has 1 heterocycles. The van der Waals surface area contributed by atoms with E-state index in [1.807, 2.05) is 37.3 Å². The second-order valence-electron chi connectivity index (χ2n) is 7.49. The van der Waals surface area contributed by atoms with Crippen LogP contribution in [0.4, 0.5) is 5.69 Å². The lowest BCUT2D eigenvalue weighted by Crippen LogP contribution is -2.45. The molecule has 1 aliphatic rings. The zero-order valence-electron chi connectivity index (χ0n) is 17.4. The van der Waals surface area contributed by atoms with Gasteiger partial charge in [-0.25, -0.2) is 12.7 Å². The number of para-hydroxylation sites is 1. The monoisotopic (exact) mass is 450 g/mol. The summed E-state index contributed by atoms with van der Waals surface area (Å²) in [5.74, 6) is 0.139. The van der Waals surface area contributed by atoms with E-state index in [-0.39, 0.29) is 17.7 Å². The number of nitrogens with zero attached hydrogens (tertiary/aromatic N) is 1. The average Bonchev–Trinajstić information content (AvgIpc) is 3.18. The fraction of sp³-hybridized carbons (Fsp3) is 0.167. The molecule has 7 nitrogen and oxygen atoms in total. The summed E-state index contributed by atoms with van der Waals surface area (Å²) in [6.45, 7) is 1.84. The molecule has 3 aromatic carbocycles. The molecule has 1 fully saturated rings. The smallest absolute Gasteiger partial charge is 0.267 e. The highest BCUT2D eigenvalue weighted by molar-refractivity contribution is 7.89. The van der Waals surface area contributed by atoms with Crippen LogP contribution in [-0.2, 0) is 19.6 Å². The number of rotatable bonds is 6. The Labute approximate surface area is 186 Å². The Morgan fingerprint density at radius 3 is 2.22 bits per heavy atom. The van der Waals surface area contributed by atoms with E-state index in [0.717, 1.165) is 5.56 Å². The summed E-state index contributed by atoms with van der Waals surface area (Å²) < 4.78 is 32.5. The lowest BCUT2D eigenvalue weighted by atomic mass is 10.2. The largest absolute Gasteiger partial charge is 0.457 e. The molecule has 1 N–H and O–H groups in total. The van der Waals surface area contributed by atoms with Gasteiger partial charge in [-0.1, -0.05) is 35.9 Å². The predicted octanol–water partition coefficient (Wildman–Crippen LogP) is 4.11. The number of hydrogen-bond acceptors (Lipinski definition) is 5. The van der Waals surface area contributed by atoms with Gasteiger partial charge in [-0.3, -0.25) is 9.59 Å². The fourth-order valence-electron chi connectivity index (χ4n) is 3.48. The summed E-state index contributed by atoms with van der Waals surface area (Å²) in [5, 5.41) is 2.71. The van der Waals surface area contributed by atoms with E-state index in [2.05, 4.69) is 5.32 Å². The molecule has 0 spiro atoms. The van der Waals surface area contributed by atoms with Gasteiger partial charge in [0.2, 0.25) is 11.8 Å². The summed E-state index contributed by atoms with van der Waals surface area (Å²) in [7, 11) is -4.13. The molecule has 0 unspecified atom stereocenters. The van der Waals surface area contributed by atoms with Gasteiger partial charge in [-0.05, 0) is 61.9 Å². The number of benzene rings is 3. The number of aryl methyl sites for hydroxylation is 1. The van der Waals surface area contributed by atoms with Gasteiger partial charge in [0.1, 0.15) is 17.5 Å². The van der Waals surface area contributed by atoms with E-state index in [1.165, 1.54) is 12.1 Å². The van der Waals surface area contributed by atoms with Crippen molar-refractivity contribution in [2.24, 2.45) is 0 Å². The second-order valence-corrected chi connectivity index (χ2v) is 9.31. The van der Waals surface area contributed by atoms with Crippen LogP contribution >= 0.6 is 0 Å². The molecule has 8 heteroatoms. The summed E-state index contributed by atoms with van der Waals surface area (Å²) >= 11 is 0. The van der Waals surface area contributed by atoms with Crippen molar-refractivity contribution in [1.82, 2.24) is 4.31 Å². The van der Waals surface area contributed by atoms with Gasteiger partial charge in [-0.15, -0.1) is 0 Å². The van der Waals surface area contributed by atoms with Crippen LogP contribution in [0.5, 0.6) is 11.5 Å². The molecule has 1 aliphatic heterocycles. The van der Waals surface area contributed by atoms with Crippen molar-refractivity contribution in [1.29, 1.82) is 0 Å². The van der Waals surface area contributed by atoms with Crippen LogP contribution in [0.2, 0.25) is 0 Å². The van der Waals surface area contributed by atoms with Gasteiger partial charge in [0.15, 0.2) is 0 Å². The Morgan fingerprint density at radius 2 is 1.56 bits per heavy atom. The molecule has 4 rings (SSSR count). The van der Waals surface area contributed by atoms with Gasteiger partial charge in [-0.2, -0.15) is 0 Å². The molecular weight excluding hydrogens is 428 g/mol. The van der Waals surface area contributed by atoms with Crippen LogP contribution in [0, 0.1) is 6.92 Å². The Balaban J connectivity index is 1.48. The third-order valence-electron chi connectivity index (χ3n) is 5.14. The summed E-state index contributed by atoms with van der Waals surface area (Å²) in [5.41, 5.74) is 1.37. The average molecular weight is 451 g/mol. The Hall–Kier alpha value is -3.65. The first-order valence-electron chi connectivity index (χ1n) is 10.1. The van der Waals surface area contributed by atoms with Gasteiger partial charge < -0.3 is 10.1 Å². The number of carbonyl (C=O) groups excluding carboxylic acids is 2. The lowest BCUT2D eigenvalue weighted by molar-refractivity contribution is -0.128. The number of amides is 2. The van der Waals surface area contributed by atoms with Crippen molar-refractivity contribution in [2.45, 2.75) is 30.7 Å². The van der Waals surface area contributed by atoms with E-state index in [1.54, 1.807) is 36.4 Å². The first kappa shape index (κ1) is 21.6. The van der Waals surface area contributed by atoms with Crippen LogP contribution in [0.1, 0.15) is 18.4 Å². The molecule has 1 atom stereocenters. The molecule has 0 radical (unpaired) electrons. The molecule has 0 aliphatic carbocycles. The molecule has 3 aromatic rings. The van der Waals surface area contributed by atoms with Crippen molar-refractivity contribution in [3.05, 3.63) is 84.4 Å². The van der Waals surface area contributed by atoms with Crippen LogP contribution in [0.25, 0.3) is 0 Å². The molecule has 1 saturated heterocycles. The number of anilines is 1. The van der Waals surface area contributed by atoms with Crippen LogP contribution in [0.3, 0.4) is 0 Å². The van der Waals surface area contributed by atoms with E-state index >= 15 is 0 Å². The van der Waals surface area contributed by atoms with Gasteiger partial charge in [0.25, 0.3) is 10.0 Å². The Kier molecular flexibility index (Phi) is 5.96. The SMILES string of the molecule is Cc1ccc(S(=O)(=O)N2C(=O)CC[C@@H]2C(=O)Nc2ccc(Oc3ccccc3)cc2)cc1. The van der Waals surface area contributed by atoms with Crippen molar-refractivity contribution < 1.29 is 22.7 Å². The number of nitrogens with one attached hydrogen (secondary N) is 1. The standard InChI is InChI=1S/C24H22N2O5S/c1-17-7-13-21(14-8-17)32(29,30)26-22(15-16-23(26)27)24(28)25-18-9-11-20(12-10-18)31-19-5-3-2-4-6-19/h2-14,22H,15-16H2,1H3,(H,25,28)/t22-/m1/s1. The molecule has 32 heavy (non-hydrogen) atoms. The van der Waals surface area contributed by atoms with Gasteiger partial charge >= 0.3 is 0 Å². The summed E-state index contributed by atoms with van der Waals surface area (Å²) in [6, 6.07) is 21.1. The molecule has 0 aromatic heterocycles. The number of ether oxygens (including phenoxy) is 1. The maximum atomic E-state index is 13.1. The maximum absolute atomic E-state index is 13.1. The summed E-state index contributed by atoms with van der Waals surface area (Å²) in [6.07, 6.45) is 0.123. The van der Waals surface area contributed by atoms with Crippen LogP contribution in [0.15, 0.2) is 83.8 Å². The molecule has 164 valence electrons. The minimum Gasteiger partial charge on any atom is -0.457 e. The topological polar surface area (TPSA) is 92.8 Å². The second kappa shape index (κ2) is 8.84. The van der Waals surface area contributed by atoms with Crippen LogP contribution in [-0.4, -0.2) is 30.6 Å². The van der Waals surface area contributed by atoms with Crippen molar-refractivity contribution in [2.75, 3.05) is 5.32 Å². The molecule has 0 saturated carbocycles. The normalized spacial score (nSPS) is 16.1. The highest BCUT2D eigenvalue weighted by Crippen LogP contribution is 2.29. The Morgan fingerprint density at radius 1 is 0.938 bits per heavy atom. The lowest BCUT2D eigenvalue weighted by Gasteiger charge is -2.23.